The van der Waals surface area contributed by atoms with Gasteiger partial charge in [-0.1, -0.05) is 34.1 Å². The highest BCUT2D eigenvalue weighted by Gasteiger charge is 2.41. The second-order valence-electron chi connectivity index (χ2n) is 6.13. The van der Waals surface area contributed by atoms with E-state index in [4.69, 9.17) is 0 Å². The summed E-state index contributed by atoms with van der Waals surface area (Å²) >= 11 is 3.41. The molecule has 3 rings (SSSR count). The Morgan fingerprint density at radius 1 is 1.30 bits per heavy atom. The van der Waals surface area contributed by atoms with Gasteiger partial charge in [0.1, 0.15) is 0 Å². The maximum Gasteiger partial charge on any atom is 0.209 e. The maximum absolute atomic E-state index is 13.9. The second-order valence-corrected chi connectivity index (χ2v) is 7.05. The van der Waals surface area contributed by atoms with Gasteiger partial charge >= 0.3 is 0 Å². The molecule has 4 heteroatoms. The number of allylic oxidation sites excluding steroid dienone is 6. The Labute approximate surface area is 142 Å². The summed E-state index contributed by atoms with van der Waals surface area (Å²) in [6.07, 6.45) is 9.33. The minimum absolute atomic E-state index is 0.0539. The first kappa shape index (κ1) is 16.1. The Balaban J connectivity index is 2.03. The van der Waals surface area contributed by atoms with Crippen LogP contribution >= 0.6 is 15.9 Å². The van der Waals surface area contributed by atoms with Crippen LogP contribution in [0.3, 0.4) is 0 Å². The molecule has 1 spiro atoms. The zero-order valence-electron chi connectivity index (χ0n) is 12.7. The lowest BCUT2D eigenvalue weighted by molar-refractivity contribution is -0.125. The standard InChI is InChI=1S/C19H15BrF2O/c1-12-10-14(20)4-2-3-8-19(18(12)23)9-7-15-13(11-19)5-6-16(21)17(15)22/h2-4,10H,7-9,11H2,1H3/b3-2+,12-10+,14-4+. The van der Waals surface area contributed by atoms with Crippen molar-refractivity contribution in [1.29, 1.82) is 0 Å². The third-order valence-electron chi connectivity index (χ3n) is 4.61. The molecule has 1 atom stereocenters. The van der Waals surface area contributed by atoms with Gasteiger partial charge in [0.25, 0.3) is 0 Å². The van der Waals surface area contributed by atoms with Crippen molar-refractivity contribution in [3.8, 4) is 0 Å². The van der Waals surface area contributed by atoms with Gasteiger partial charge in [-0.3, -0.25) is 4.79 Å². The Bertz CT molecular complexity index is 761. The van der Waals surface area contributed by atoms with Gasteiger partial charge in [-0.05, 0) is 56.4 Å². The fourth-order valence-electron chi connectivity index (χ4n) is 3.38. The van der Waals surface area contributed by atoms with Gasteiger partial charge in [0.2, 0.25) is 5.82 Å². The van der Waals surface area contributed by atoms with Crippen LogP contribution in [0.5, 0.6) is 0 Å². The second kappa shape index (κ2) is 6.05. The average molecular weight is 377 g/mol. The van der Waals surface area contributed by atoms with Crippen LogP contribution in [0.15, 0.2) is 34.4 Å². The van der Waals surface area contributed by atoms with Gasteiger partial charge in [0.05, 0.1) is 0 Å². The van der Waals surface area contributed by atoms with Crippen LogP contribution in [0.2, 0.25) is 0 Å². The van der Waals surface area contributed by atoms with Crippen molar-refractivity contribution >= 4 is 21.7 Å². The molecule has 0 bridgehead atoms. The van der Waals surface area contributed by atoms with Crippen molar-refractivity contribution < 1.29 is 13.6 Å². The fraction of sp³-hybridized carbons (Fsp3) is 0.316. The summed E-state index contributed by atoms with van der Waals surface area (Å²) in [6, 6.07) is 4.90. The molecule has 0 saturated carbocycles. The molecule has 0 aliphatic heterocycles. The molecule has 0 aromatic heterocycles. The first-order valence-electron chi connectivity index (χ1n) is 7.48. The molecular weight excluding hydrogens is 362 g/mol. The number of carbonyl (C=O) groups is 1. The molecule has 2 aliphatic rings. The summed E-state index contributed by atoms with van der Waals surface area (Å²) in [5.74, 6) is -1.79. The van der Waals surface area contributed by atoms with Crippen molar-refractivity contribution in [3.05, 3.63) is 69.3 Å². The summed E-state index contributed by atoms with van der Waals surface area (Å²) < 4.78 is 28.1. The zero-order valence-corrected chi connectivity index (χ0v) is 14.3. The number of halogens is 3. The largest absolute Gasteiger partial charge is 0.294 e. The van der Waals surface area contributed by atoms with E-state index in [2.05, 4.69) is 28.1 Å². The highest BCUT2D eigenvalue weighted by molar-refractivity contribution is 9.11. The van der Waals surface area contributed by atoms with Gasteiger partial charge in [0.15, 0.2) is 11.6 Å². The first-order valence-corrected chi connectivity index (χ1v) is 8.27. The Hall–Kier alpha value is -1.73. The third-order valence-corrected chi connectivity index (χ3v) is 5.10. The minimum Gasteiger partial charge on any atom is -0.294 e. The molecule has 118 valence electrons. The molecule has 1 aromatic carbocycles. The van der Waals surface area contributed by atoms with Gasteiger partial charge in [-0.25, -0.2) is 4.39 Å². The summed E-state index contributed by atoms with van der Waals surface area (Å²) in [6.45, 7) is 1.79. The monoisotopic (exact) mass is 376 g/mol. The summed E-state index contributed by atoms with van der Waals surface area (Å²) in [5, 5.41) is 0. The molecule has 2 aliphatic carbocycles. The van der Waals surface area contributed by atoms with Crippen LogP contribution in [-0.4, -0.2) is 5.78 Å². The summed E-state index contributed by atoms with van der Waals surface area (Å²) in [5.41, 5.74) is 0.941. The van der Waals surface area contributed by atoms with Gasteiger partial charge in [-0.2, -0.15) is 4.39 Å². The van der Waals surface area contributed by atoms with Crippen molar-refractivity contribution in [3.63, 3.8) is 0 Å². The lowest BCUT2D eigenvalue weighted by atomic mass is 9.66. The molecule has 0 amide bonds. The predicted molar refractivity (Wildman–Crippen MR) is 88.0 cm³/mol. The fourth-order valence-corrected chi connectivity index (χ4v) is 3.88. The normalized spacial score (nSPS) is 30.0. The van der Waals surface area contributed by atoms with E-state index in [1.165, 1.54) is 0 Å². The zero-order chi connectivity index (χ0) is 16.6. The third kappa shape index (κ3) is 2.90. The van der Waals surface area contributed by atoms with Crippen LogP contribution in [0.25, 0.3) is 0 Å². The Morgan fingerprint density at radius 3 is 2.87 bits per heavy atom. The maximum atomic E-state index is 13.9. The van der Waals surface area contributed by atoms with Crippen LogP contribution in [0.1, 0.15) is 30.9 Å². The van der Waals surface area contributed by atoms with E-state index >= 15 is 0 Å². The number of fused-ring (bicyclic) bond motifs is 1. The average Bonchev–Trinajstić information content (AvgIpc) is 2.58. The number of ketones is 1. The lowest BCUT2D eigenvalue weighted by Gasteiger charge is -2.36. The lowest BCUT2D eigenvalue weighted by Crippen LogP contribution is -2.37. The molecule has 0 fully saturated rings. The molecule has 1 unspecified atom stereocenters. The number of hydrogen-bond acceptors (Lipinski definition) is 1. The molecule has 0 saturated heterocycles. The Kier molecular flexibility index (Phi) is 4.25. The molecule has 1 nitrogen and oxygen atoms in total. The van der Waals surface area contributed by atoms with E-state index in [1.54, 1.807) is 13.0 Å². The molecule has 23 heavy (non-hydrogen) atoms. The van der Waals surface area contributed by atoms with Gasteiger partial charge in [-0.15, -0.1) is 0 Å². The van der Waals surface area contributed by atoms with Crippen molar-refractivity contribution in [2.45, 2.75) is 32.6 Å². The summed E-state index contributed by atoms with van der Waals surface area (Å²) in [7, 11) is 0. The van der Waals surface area contributed by atoms with Crippen molar-refractivity contribution in [1.82, 2.24) is 0 Å². The molecule has 0 heterocycles. The van der Waals surface area contributed by atoms with E-state index in [-0.39, 0.29) is 5.78 Å². The van der Waals surface area contributed by atoms with Crippen LogP contribution in [-0.2, 0) is 17.6 Å². The SMILES string of the molecule is C\C1=C/C(Br)=C\C=C\CC2(CCc3c(c#cc(F)c3F)C2)C1=O. The van der Waals surface area contributed by atoms with Crippen molar-refractivity contribution in [2.24, 2.45) is 5.41 Å². The van der Waals surface area contributed by atoms with E-state index in [0.717, 1.165) is 4.48 Å². The van der Waals surface area contributed by atoms with E-state index < -0.39 is 17.0 Å². The number of Topliss-reactive ketones (excluding diaryl/α,β-unsaturated/α-hetero) is 1. The predicted octanol–water partition coefficient (Wildman–Crippen LogP) is 4.79. The minimum atomic E-state index is -0.996. The summed E-state index contributed by atoms with van der Waals surface area (Å²) in [4.78, 5) is 13.0. The number of carbonyl (C=O) groups excluding carboxylic acids is 1. The molecule has 0 radical (unpaired) electrons. The highest BCUT2D eigenvalue weighted by atomic mass is 79.9. The first-order chi connectivity index (χ1) is 10.9. The molecule has 0 N–H and O–H groups in total. The van der Waals surface area contributed by atoms with Crippen LogP contribution < -0.4 is 0 Å². The smallest absolute Gasteiger partial charge is 0.209 e. The molecular formula is C19H15BrF2O. The van der Waals surface area contributed by atoms with Gasteiger partial charge in [0, 0.05) is 21.0 Å². The van der Waals surface area contributed by atoms with Gasteiger partial charge < -0.3 is 0 Å². The number of hydrogen-bond donors (Lipinski definition) is 0. The topological polar surface area (TPSA) is 17.1 Å². The quantitative estimate of drug-likeness (QED) is 0.635. The van der Waals surface area contributed by atoms with E-state index in [9.17, 15) is 13.6 Å². The number of rotatable bonds is 0. The Morgan fingerprint density at radius 2 is 2.09 bits per heavy atom. The van der Waals surface area contributed by atoms with Crippen LogP contribution in [0, 0.1) is 29.2 Å². The van der Waals surface area contributed by atoms with E-state index in [1.807, 2.05) is 18.2 Å². The van der Waals surface area contributed by atoms with Crippen molar-refractivity contribution in [2.75, 3.05) is 0 Å². The molecule has 1 aromatic rings. The van der Waals surface area contributed by atoms with Crippen LogP contribution in [0.4, 0.5) is 8.78 Å². The van der Waals surface area contributed by atoms with E-state index in [0.29, 0.717) is 42.4 Å². The highest BCUT2D eigenvalue weighted by Crippen LogP contribution is 2.42.